The second-order valence-electron chi connectivity index (χ2n) is 4.54. The van der Waals surface area contributed by atoms with Crippen LogP contribution in [0.4, 0.5) is 0 Å². The summed E-state index contributed by atoms with van der Waals surface area (Å²) < 4.78 is 0. The fourth-order valence-corrected chi connectivity index (χ4v) is 3.41. The number of rotatable bonds is 4. The van der Waals surface area contributed by atoms with Gasteiger partial charge in [0.05, 0.1) is 19.1 Å². The van der Waals surface area contributed by atoms with Crippen molar-refractivity contribution in [2.75, 3.05) is 19.6 Å². The van der Waals surface area contributed by atoms with Gasteiger partial charge in [-0.3, -0.25) is 9.59 Å². The number of thiophene rings is 1. The van der Waals surface area contributed by atoms with Crippen LogP contribution in [0.1, 0.15) is 29.8 Å². The lowest BCUT2D eigenvalue weighted by Gasteiger charge is -2.35. The van der Waals surface area contributed by atoms with E-state index in [0.717, 1.165) is 19.4 Å². The summed E-state index contributed by atoms with van der Waals surface area (Å²) in [4.78, 5) is 26.5. The van der Waals surface area contributed by atoms with Gasteiger partial charge in [-0.2, -0.15) is 0 Å². The van der Waals surface area contributed by atoms with E-state index in [4.69, 9.17) is 5.73 Å². The summed E-state index contributed by atoms with van der Waals surface area (Å²) in [7, 11) is 0. The summed E-state index contributed by atoms with van der Waals surface area (Å²) in [5.74, 6) is -0.333. The topological polar surface area (TPSA) is 75.4 Å². The molecule has 104 valence electrons. The fraction of sp³-hybridized carbons (Fsp3) is 0.538. The molecule has 6 heteroatoms. The standard InChI is InChI=1S/C13H19N3O2S/c1-2-10-9-4-6-19-11(9)3-5-16(10)13(18)8-15-12(17)7-14/h4,6,10H,2-3,5,7-8,14H2,1H3,(H,15,17). The molecule has 0 bridgehead atoms. The molecule has 0 aliphatic carbocycles. The Morgan fingerprint density at radius 1 is 1.58 bits per heavy atom. The van der Waals surface area contributed by atoms with E-state index < -0.39 is 0 Å². The van der Waals surface area contributed by atoms with Gasteiger partial charge in [0.1, 0.15) is 0 Å². The third-order valence-corrected chi connectivity index (χ3v) is 4.42. The van der Waals surface area contributed by atoms with E-state index in [9.17, 15) is 9.59 Å². The first-order valence-electron chi connectivity index (χ1n) is 6.49. The van der Waals surface area contributed by atoms with E-state index in [1.54, 1.807) is 11.3 Å². The molecule has 1 aliphatic rings. The van der Waals surface area contributed by atoms with Crippen LogP contribution in [0.5, 0.6) is 0 Å². The third kappa shape index (κ3) is 2.96. The number of nitrogens with one attached hydrogen (secondary N) is 1. The SMILES string of the molecule is CCC1c2ccsc2CCN1C(=O)CNC(=O)CN. The normalized spacial score (nSPS) is 18.0. The van der Waals surface area contributed by atoms with Crippen molar-refractivity contribution >= 4 is 23.2 Å². The monoisotopic (exact) mass is 281 g/mol. The second kappa shape index (κ2) is 6.16. The Morgan fingerprint density at radius 2 is 2.37 bits per heavy atom. The molecule has 0 spiro atoms. The zero-order chi connectivity index (χ0) is 13.8. The minimum absolute atomic E-state index is 0.0337. The van der Waals surface area contributed by atoms with E-state index >= 15 is 0 Å². The summed E-state index contributed by atoms with van der Waals surface area (Å²) >= 11 is 1.76. The van der Waals surface area contributed by atoms with Gasteiger partial charge in [0.15, 0.2) is 0 Å². The second-order valence-corrected chi connectivity index (χ2v) is 5.54. The minimum Gasteiger partial charge on any atom is -0.346 e. The Labute approximate surface area is 116 Å². The highest BCUT2D eigenvalue weighted by molar-refractivity contribution is 7.10. The molecule has 1 aromatic heterocycles. The quantitative estimate of drug-likeness (QED) is 0.851. The number of hydrogen-bond acceptors (Lipinski definition) is 4. The molecule has 1 aromatic rings. The van der Waals surface area contributed by atoms with Gasteiger partial charge in [-0.15, -0.1) is 11.3 Å². The van der Waals surface area contributed by atoms with Crippen LogP contribution in [0.25, 0.3) is 0 Å². The van der Waals surface area contributed by atoms with Crippen molar-refractivity contribution in [3.8, 4) is 0 Å². The molecule has 0 saturated heterocycles. The van der Waals surface area contributed by atoms with Gasteiger partial charge in [-0.05, 0) is 29.9 Å². The minimum atomic E-state index is -0.297. The lowest BCUT2D eigenvalue weighted by Crippen LogP contribution is -2.45. The Balaban J connectivity index is 2.04. The number of carbonyl (C=O) groups is 2. The number of carbonyl (C=O) groups excluding carboxylic acids is 2. The Kier molecular flexibility index (Phi) is 4.55. The van der Waals surface area contributed by atoms with Gasteiger partial charge in [0.25, 0.3) is 0 Å². The number of hydrogen-bond donors (Lipinski definition) is 2. The largest absolute Gasteiger partial charge is 0.346 e. The van der Waals surface area contributed by atoms with Crippen LogP contribution in [-0.4, -0.2) is 36.3 Å². The molecular weight excluding hydrogens is 262 g/mol. The highest BCUT2D eigenvalue weighted by atomic mass is 32.1. The number of amides is 2. The maximum Gasteiger partial charge on any atom is 0.242 e. The summed E-state index contributed by atoms with van der Waals surface area (Å²) in [6.07, 6.45) is 1.79. The highest BCUT2D eigenvalue weighted by Gasteiger charge is 2.30. The van der Waals surface area contributed by atoms with Crippen molar-refractivity contribution in [2.24, 2.45) is 5.73 Å². The van der Waals surface area contributed by atoms with Crippen molar-refractivity contribution in [3.05, 3.63) is 21.9 Å². The molecule has 1 unspecified atom stereocenters. The molecule has 0 saturated carbocycles. The molecule has 0 radical (unpaired) electrons. The zero-order valence-electron chi connectivity index (χ0n) is 11.0. The molecule has 2 heterocycles. The summed E-state index contributed by atoms with van der Waals surface area (Å²) in [5, 5.41) is 4.62. The van der Waals surface area contributed by atoms with Crippen LogP contribution in [-0.2, 0) is 16.0 Å². The van der Waals surface area contributed by atoms with Crippen molar-refractivity contribution in [3.63, 3.8) is 0 Å². The predicted molar refractivity (Wildman–Crippen MR) is 74.8 cm³/mol. The smallest absolute Gasteiger partial charge is 0.242 e. The highest BCUT2D eigenvalue weighted by Crippen LogP contribution is 2.34. The summed E-state index contributed by atoms with van der Waals surface area (Å²) in [5.41, 5.74) is 6.47. The molecular formula is C13H19N3O2S. The molecule has 0 fully saturated rings. The van der Waals surface area contributed by atoms with Crippen LogP contribution in [0, 0.1) is 0 Å². The number of fused-ring (bicyclic) bond motifs is 1. The van der Waals surface area contributed by atoms with Crippen LogP contribution >= 0.6 is 11.3 Å². The molecule has 19 heavy (non-hydrogen) atoms. The molecule has 2 rings (SSSR count). The zero-order valence-corrected chi connectivity index (χ0v) is 11.8. The van der Waals surface area contributed by atoms with E-state index in [-0.39, 0.29) is 30.9 Å². The van der Waals surface area contributed by atoms with E-state index in [0.29, 0.717) is 0 Å². The van der Waals surface area contributed by atoms with Gasteiger partial charge < -0.3 is 16.0 Å². The maximum atomic E-state index is 12.2. The first-order valence-corrected chi connectivity index (χ1v) is 7.37. The Bertz CT molecular complexity index is 472. The van der Waals surface area contributed by atoms with E-state index in [1.807, 2.05) is 4.90 Å². The van der Waals surface area contributed by atoms with Crippen LogP contribution in [0.3, 0.4) is 0 Å². The van der Waals surface area contributed by atoms with Crippen LogP contribution in [0.2, 0.25) is 0 Å². The molecule has 2 amide bonds. The first kappa shape index (κ1) is 14.0. The lowest BCUT2D eigenvalue weighted by molar-refractivity contribution is -0.135. The molecule has 3 N–H and O–H groups in total. The number of nitrogens with zero attached hydrogens (tertiary/aromatic N) is 1. The van der Waals surface area contributed by atoms with Gasteiger partial charge in [-0.1, -0.05) is 6.92 Å². The van der Waals surface area contributed by atoms with Crippen molar-refractivity contribution < 1.29 is 9.59 Å². The Morgan fingerprint density at radius 3 is 3.05 bits per heavy atom. The molecule has 1 aliphatic heterocycles. The predicted octanol–water partition coefficient (Wildman–Crippen LogP) is 0.659. The summed E-state index contributed by atoms with van der Waals surface area (Å²) in [6, 6.07) is 2.24. The lowest BCUT2D eigenvalue weighted by atomic mass is 9.98. The maximum absolute atomic E-state index is 12.2. The molecule has 5 nitrogen and oxygen atoms in total. The third-order valence-electron chi connectivity index (χ3n) is 3.42. The van der Waals surface area contributed by atoms with Gasteiger partial charge in [0.2, 0.25) is 11.8 Å². The van der Waals surface area contributed by atoms with Gasteiger partial charge in [-0.25, -0.2) is 0 Å². The van der Waals surface area contributed by atoms with Crippen LogP contribution < -0.4 is 11.1 Å². The molecule has 0 aromatic carbocycles. The average Bonchev–Trinajstić information content (AvgIpc) is 2.91. The number of nitrogens with two attached hydrogens (primary N) is 1. The van der Waals surface area contributed by atoms with Gasteiger partial charge >= 0.3 is 0 Å². The van der Waals surface area contributed by atoms with Crippen molar-refractivity contribution in [1.29, 1.82) is 0 Å². The molecule has 1 atom stereocenters. The fourth-order valence-electron chi connectivity index (χ4n) is 2.48. The average molecular weight is 281 g/mol. The van der Waals surface area contributed by atoms with Crippen molar-refractivity contribution in [1.82, 2.24) is 10.2 Å². The van der Waals surface area contributed by atoms with Crippen molar-refractivity contribution in [2.45, 2.75) is 25.8 Å². The first-order chi connectivity index (χ1) is 9.17. The Hall–Kier alpha value is -1.40. The van der Waals surface area contributed by atoms with E-state index in [1.165, 1.54) is 10.4 Å². The summed E-state index contributed by atoms with van der Waals surface area (Å²) in [6.45, 7) is 2.75. The van der Waals surface area contributed by atoms with Crippen LogP contribution in [0.15, 0.2) is 11.4 Å². The van der Waals surface area contributed by atoms with E-state index in [2.05, 4.69) is 23.7 Å². The van der Waals surface area contributed by atoms with Gasteiger partial charge in [0, 0.05) is 11.4 Å².